The van der Waals surface area contributed by atoms with E-state index in [1.54, 1.807) is 51.0 Å². The van der Waals surface area contributed by atoms with E-state index in [0.29, 0.717) is 29.7 Å². The highest BCUT2D eigenvalue weighted by Crippen LogP contribution is 2.28. The molecule has 29 heteroatoms. The van der Waals surface area contributed by atoms with Crippen molar-refractivity contribution < 1.29 is 62.9 Å². The lowest BCUT2D eigenvalue weighted by atomic mass is 9.85. The number of nitrogens with zero attached hydrogens (tertiary/aromatic N) is 8. The van der Waals surface area contributed by atoms with Gasteiger partial charge in [0.15, 0.2) is 0 Å². The van der Waals surface area contributed by atoms with Crippen molar-refractivity contribution in [1.29, 1.82) is 0 Å². The predicted octanol–water partition coefficient (Wildman–Crippen LogP) is 0.763. The van der Waals surface area contributed by atoms with Crippen LogP contribution in [0.4, 0.5) is 4.39 Å². The van der Waals surface area contributed by atoms with Crippen LogP contribution in [0.3, 0.4) is 0 Å². The summed E-state index contributed by atoms with van der Waals surface area (Å²) in [6, 6.07) is 17.7. The number of carbonyl (C=O) groups excluding carboxylic acids is 6. The van der Waals surface area contributed by atoms with Crippen LogP contribution in [0.15, 0.2) is 85.2 Å². The Morgan fingerprint density at radius 2 is 1.31 bits per heavy atom. The molecule has 13 N–H and O–H groups in total. The number of halogens is 1. The average molecular weight is 1310 g/mol. The van der Waals surface area contributed by atoms with Gasteiger partial charge < -0.3 is 63.3 Å². The number of benzene rings is 3. The Kier molecular flexibility index (Phi) is 27.5. The summed E-state index contributed by atoms with van der Waals surface area (Å²) in [6.07, 6.45) is 4.96. The van der Waals surface area contributed by atoms with E-state index in [9.17, 15) is 58.1 Å². The van der Waals surface area contributed by atoms with Gasteiger partial charge in [0.25, 0.3) is 0 Å². The largest absolute Gasteiger partial charge is 0.480 e. The number of carboxylic acids is 3. The molecule has 2 aliphatic rings. The van der Waals surface area contributed by atoms with Crippen LogP contribution in [0.2, 0.25) is 0 Å². The topological polar surface area (TPSA) is 389 Å². The summed E-state index contributed by atoms with van der Waals surface area (Å²) in [6.45, 7) is 7.15. The highest BCUT2D eigenvalue weighted by molar-refractivity contribution is 5.96. The summed E-state index contributed by atoms with van der Waals surface area (Å²) in [4.78, 5) is 131. The average Bonchev–Trinajstić information content (AvgIpc) is 0.963. The third-order valence-electron chi connectivity index (χ3n) is 17.1. The first-order chi connectivity index (χ1) is 44.9. The summed E-state index contributed by atoms with van der Waals surface area (Å²) >= 11 is 0. The standard InChI is InChI=1S/C65H91FN16O12/c1-43(2)31-55(63(93)74-65(64(94)73-53(61(68)91)34-47-36-71-51-15-8-7-13-48(47)51)18-21-81(22-19-65)57(84)37-69-35-46-17-16-44(3)49(66)32-46)82-38-54(75-76-82)52(33-45-11-5-4-6-12-45)72-62(92)50(67)14-9-10-20-70-56(83)39-77-23-25-78(40-58(85)86)27-29-80(42-60(89)90)30-28-79(26-24-77)41-59(87)88/h4-8,11-13,15-17,32,36,38,43,50,52-53,55,69,71H,9-10,14,18-31,33-35,37,39-42,67H2,1-3H3,(H2,68,91)(H,70,83)(H,72,92)(H,73,94)(H,74,93)(H,85,86)(H,87,88)(H,89,90)/t50-,52-,53-,55-/m0/s1. The molecule has 2 aromatic heterocycles. The fourth-order valence-electron chi connectivity index (χ4n) is 11.7. The molecule has 0 unspecified atom stereocenters. The zero-order valence-electron chi connectivity index (χ0n) is 53.8. The number of likely N-dealkylation sites (tertiary alicyclic amines) is 1. The van der Waals surface area contributed by atoms with Gasteiger partial charge in [0.1, 0.15) is 29.1 Å². The molecule has 0 bridgehead atoms. The Balaban J connectivity index is 0.997. The van der Waals surface area contributed by atoms with E-state index in [2.05, 4.69) is 41.9 Å². The lowest BCUT2D eigenvalue weighted by molar-refractivity contribution is -0.141. The quantitative estimate of drug-likeness (QED) is 0.0265. The van der Waals surface area contributed by atoms with Crippen molar-refractivity contribution in [2.24, 2.45) is 17.4 Å². The summed E-state index contributed by atoms with van der Waals surface area (Å²) < 4.78 is 15.7. The van der Waals surface area contributed by atoms with Crippen molar-refractivity contribution in [3.63, 3.8) is 0 Å². The fourth-order valence-corrected chi connectivity index (χ4v) is 11.7. The number of aryl methyl sites for hydroxylation is 1. The Bertz CT molecular complexity index is 3340. The molecule has 510 valence electrons. The second-order valence-electron chi connectivity index (χ2n) is 24.9. The minimum Gasteiger partial charge on any atom is -0.480 e. The molecule has 5 aromatic rings. The van der Waals surface area contributed by atoms with Crippen molar-refractivity contribution in [2.75, 3.05) is 105 Å². The molecule has 3 aromatic carbocycles. The number of hydrogen-bond donors (Lipinski definition) is 11. The van der Waals surface area contributed by atoms with E-state index in [1.807, 2.05) is 73.3 Å². The molecule has 2 fully saturated rings. The number of H-pyrrole nitrogens is 1. The monoisotopic (exact) mass is 1310 g/mol. The highest BCUT2D eigenvalue weighted by Gasteiger charge is 2.46. The van der Waals surface area contributed by atoms with Crippen LogP contribution >= 0.6 is 0 Å². The van der Waals surface area contributed by atoms with E-state index in [0.717, 1.165) is 22.0 Å². The Hall–Kier alpha value is -8.74. The zero-order chi connectivity index (χ0) is 67.9. The van der Waals surface area contributed by atoms with E-state index < -0.39 is 71.2 Å². The zero-order valence-corrected chi connectivity index (χ0v) is 53.8. The normalized spacial score (nSPS) is 16.8. The van der Waals surface area contributed by atoms with Gasteiger partial charge >= 0.3 is 17.9 Å². The molecular weight excluding hydrogens is 1220 g/mol. The van der Waals surface area contributed by atoms with Crippen molar-refractivity contribution in [2.45, 2.75) is 108 Å². The van der Waals surface area contributed by atoms with Crippen molar-refractivity contribution in [3.05, 3.63) is 119 Å². The number of piperidine rings is 1. The highest BCUT2D eigenvalue weighted by atomic mass is 19.1. The van der Waals surface area contributed by atoms with Gasteiger partial charge in [-0.3, -0.25) is 62.8 Å². The number of carboxylic acid groups (broad SMARTS) is 3. The van der Waals surface area contributed by atoms with Gasteiger partial charge in [0.2, 0.25) is 35.4 Å². The van der Waals surface area contributed by atoms with E-state index in [4.69, 9.17) is 11.5 Å². The molecule has 28 nitrogen and oxygen atoms in total. The minimum atomic E-state index is -1.65. The maximum atomic E-state index is 15.0. The number of amides is 6. The van der Waals surface area contributed by atoms with E-state index >= 15 is 4.79 Å². The van der Waals surface area contributed by atoms with Gasteiger partial charge in [-0.2, -0.15) is 0 Å². The first-order valence-electron chi connectivity index (χ1n) is 32.0. The molecule has 2 saturated heterocycles. The molecule has 0 aliphatic carbocycles. The first kappa shape index (κ1) is 72.7. The molecule has 2 aliphatic heterocycles. The van der Waals surface area contributed by atoms with E-state index in [1.165, 1.54) is 10.7 Å². The number of aliphatic carboxylic acids is 3. The number of rotatable bonds is 32. The van der Waals surface area contributed by atoms with Gasteiger partial charge in [0.05, 0.1) is 51.0 Å². The first-order valence-corrected chi connectivity index (χ1v) is 32.0. The second kappa shape index (κ2) is 35.5. The molecule has 0 spiro atoms. The second-order valence-corrected chi connectivity index (χ2v) is 24.9. The van der Waals surface area contributed by atoms with Gasteiger partial charge in [-0.25, -0.2) is 9.07 Å². The number of nitrogens with one attached hydrogen (secondary N) is 6. The number of aromatic amines is 1. The molecule has 4 atom stereocenters. The third-order valence-corrected chi connectivity index (χ3v) is 17.1. The number of carbonyl (C=O) groups is 9. The molecule has 94 heavy (non-hydrogen) atoms. The summed E-state index contributed by atoms with van der Waals surface area (Å²) in [5.41, 5.74) is 14.8. The number of para-hydroxylation sites is 1. The number of aromatic nitrogens is 4. The predicted molar refractivity (Wildman–Crippen MR) is 346 cm³/mol. The van der Waals surface area contributed by atoms with Crippen LogP contribution in [0.25, 0.3) is 10.9 Å². The summed E-state index contributed by atoms with van der Waals surface area (Å²) in [5, 5.41) is 53.4. The van der Waals surface area contributed by atoms with Crippen molar-refractivity contribution >= 4 is 64.3 Å². The summed E-state index contributed by atoms with van der Waals surface area (Å²) in [5.74, 6) is -6.74. The molecular formula is C65H91FN16O12. The van der Waals surface area contributed by atoms with Crippen molar-refractivity contribution in [1.82, 2.24) is 71.1 Å². The van der Waals surface area contributed by atoms with Crippen LogP contribution < -0.4 is 38.1 Å². The SMILES string of the molecule is Cc1ccc(CNCC(=O)N2CCC(NC(=O)[C@H](CC(C)C)n3cc([C@H](Cc4ccccc4)NC(=O)[C@@H](N)CCCCNC(=O)CN4CCN(CC(=O)O)CCN(CC(=O)O)CCN(CC(=O)O)CC4)nn3)(C(=O)N[C@@H](Cc3c[nH]c4ccccc34)C(N)=O)CC2)cc1F. The molecule has 4 heterocycles. The molecule has 6 amide bonds. The summed E-state index contributed by atoms with van der Waals surface area (Å²) in [7, 11) is 0. The Morgan fingerprint density at radius 1 is 0.713 bits per heavy atom. The van der Waals surface area contributed by atoms with Crippen LogP contribution in [-0.4, -0.2) is 235 Å². The van der Waals surface area contributed by atoms with Crippen LogP contribution in [-0.2, 0) is 62.5 Å². The number of nitrogens with two attached hydrogens (primary N) is 2. The van der Waals surface area contributed by atoms with Crippen LogP contribution in [0, 0.1) is 18.7 Å². The smallest absolute Gasteiger partial charge is 0.317 e. The lowest BCUT2D eigenvalue weighted by Gasteiger charge is -2.42. The maximum absolute atomic E-state index is 15.0. The lowest BCUT2D eigenvalue weighted by Crippen LogP contribution is -2.66. The third kappa shape index (κ3) is 22.5. The van der Waals surface area contributed by atoms with E-state index in [-0.39, 0.29) is 173 Å². The van der Waals surface area contributed by atoms with Crippen LogP contribution in [0.5, 0.6) is 0 Å². The van der Waals surface area contributed by atoms with Gasteiger partial charge in [-0.15, -0.1) is 5.10 Å². The molecule has 7 rings (SSSR count). The minimum absolute atomic E-state index is 0.0370. The molecule has 0 radical (unpaired) electrons. The molecule has 0 saturated carbocycles. The van der Waals surface area contributed by atoms with Gasteiger partial charge in [0, 0.05) is 102 Å². The van der Waals surface area contributed by atoms with Gasteiger partial charge in [-0.05, 0) is 92.2 Å². The number of unbranched alkanes of at least 4 members (excludes halogenated alkanes) is 1. The van der Waals surface area contributed by atoms with Crippen molar-refractivity contribution in [3.8, 4) is 0 Å². The number of primary amides is 1. The Labute approximate surface area is 545 Å². The van der Waals surface area contributed by atoms with Crippen LogP contribution in [0.1, 0.15) is 92.4 Å². The maximum Gasteiger partial charge on any atom is 0.317 e. The number of fused-ring (bicyclic) bond motifs is 1. The van der Waals surface area contributed by atoms with Gasteiger partial charge in [-0.1, -0.05) is 79.7 Å². The number of hydrogen-bond acceptors (Lipinski definition) is 17. The Morgan fingerprint density at radius 3 is 1.89 bits per heavy atom. The fraction of sp³-hybridized carbons (Fsp3) is 0.523.